The van der Waals surface area contributed by atoms with E-state index in [-0.39, 0.29) is 12.7 Å². The zero-order valence-corrected chi connectivity index (χ0v) is 10.9. The zero-order chi connectivity index (χ0) is 17.1. The fraction of sp³-hybridized carbons (Fsp3) is 0.455. The SMILES string of the molecule is CCOC(=O)Cc1cc(OC(F)(F)F)c(=O)[nH]c1C(F)(F)F. The summed E-state index contributed by atoms with van der Waals surface area (Å²) in [6.07, 6.45) is -11.3. The Bertz CT molecular complexity index is 604. The van der Waals surface area contributed by atoms with E-state index >= 15 is 0 Å². The minimum atomic E-state index is -5.27. The van der Waals surface area contributed by atoms with Gasteiger partial charge in [-0.3, -0.25) is 9.59 Å². The van der Waals surface area contributed by atoms with Crippen molar-refractivity contribution in [3.63, 3.8) is 0 Å². The summed E-state index contributed by atoms with van der Waals surface area (Å²) in [7, 11) is 0. The van der Waals surface area contributed by atoms with Gasteiger partial charge in [-0.15, -0.1) is 13.2 Å². The van der Waals surface area contributed by atoms with Crippen LogP contribution in [0.2, 0.25) is 0 Å². The lowest BCUT2D eigenvalue weighted by Crippen LogP contribution is -2.26. The van der Waals surface area contributed by atoms with Crippen molar-refractivity contribution in [2.45, 2.75) is 25.9 Å². The summed E-state index contributed by atoms with van der Waals surface area (Å²) in [5.74, 6) is -2.50. The van der Waals surface area contributed by atoms with Crippen LogP contribution in [-0.2, 0) is 22.1 Å². The number of hydrogen-bond acceptors (Lipinski definition) is 4. The Morgan fingerprint density at radius 3 is 2.27 bits per heavy atom. The Hall–Kier alpha value is -2.20. The molecule has 1 rings (SSSR count). The van der Waals surface area contributed by atoms with E-state index in [4.69, 9.17) is 0 Å². The molecule has 1 aromatic heterocycles. The third-order valence-electron chi connectivity index (χ3n) is 2.24. The van der Waals surface area contributed by atoms with Crippen LogP contribution in [0.1, 0.15) is 18.2 Å². The lowest BCUT2D eigenvalue weighted by atomic mass is 10.1. The van der Waals surface area contributed by atoms with Crippen LogP contribution >= 0.6 is 0 Å². The molecule has 0 aliphatic rings. The third kappa shape index (κ3) is 4.97. The van der Waals surface area contributed by atoms with Gasteiger partial charge in [-0.2, -0.15) is 13.2 Å². The molecule has 5 nitrogen and oxygen atoms in total. The smallest absolute Gasteiger partial charge is 0.466 e. The molecule has 0 aromatic carbocycles. The number of alkyl halides is 6. The first-order chi connectivity index (χ1) is 9.94. The summed E-state index contributed by atoms with van der Waals surface area (Å²) in [4.78, 5) is 23.7. The number of hydrogen-bond donors (Lipinski definition) is 1. The summed E-state index contributed by atoms with van der Waals surface area (Å²) in [5, 5.41) is 0. The van der Waals surface area contributed by atoms with E-state index in [1.54, 1.807) is 0 Å². The summed E-state index contributed by atoms with van der Waals surface area (Å²) < 4.78 is 82.2. The van der Waals surface area contributed by atoms with Crippen LogP contribution in [0.15, 0.2) is 10.9 Å². The molecule has 0 aliphatic carbocycles. The molecule has 1 N–H and O–H groups in total. The van der Waals surface area contributed by atoms with Crippen molar-refractivity contribution >= 4 is 5.97 Å². The van der Waals surface area contributed by atoms with E-state index in [2.05, 4.69) is 9.47 Å². The monoisotopic (exact) mass is 333 g/mol. The Balaban J connectivity index is 3.32. The molecular formula is C11H9F6NO4. The predicted octanol–water partition coefficient (Wildman–Crippen LogP) is 2.40. The molecule has 124 valence electrons. The fourth-order valence-electron chi connectivity index (χ4n) is 1.51. The third-order valence-corrected chi connectivity index (χ3v) is 2.24. The molecule has 11 heteroatoms. The summed E-state index contributed by atoms with van der Waals surface area (Å²) in [6.45, 7) is 1.27. The highest BCUT2D eigenvalue weighted by molar-refractivity contribution is 5.73. The van der Waals surface area contributed by atoms with Crippen molar-refractivity contribution in [2.24, 2.45) is 0 Å². The second-order valence-corrected chi connectivity index (χ2v) is 3.89. The van der Waals surface area contributed by atoms with Gasteiger partial charge in [0.05, 0.1) is 13.0 Å². The van der Waals surface area contributed by atoms with E-state index in [0.717, 1.165) is 0 Å². The van der Waals surface area contributed by atoms with E-state index in [1.807, 2.05) is 0 Å². The molecule has 0 bridgehead atoms. The Morgan fingerprint density at radius 1 is 1.23 bits per heavy atom. The first-order valence-corrected chi connectivity index (χ1v) is 5.68. The van der Waals surface area contributed by atoms with Gasteiger partial charge >= 0.3 is 18.5 Å². The van der Waals surface area contributed by atoms with Crippen molar-refractivity contribution in [3.05, 3.63) is 27.7 Å². The summed E-state index contributed by atoms with van der Waals surface area (Å²) in [6, 6.07) is 0.214. The van der Waals surface area contributed by atoms with Crippen LogP contribution in [0.4, 0.5) is 26.3 Å². The van der Waals surface area contributed by atoms with Gasteiger partial charge in [0, 0.05) is 0 Å². The van der Waals surface area contributed by atoms with Crippen molar-refractivity contribution in [1.29, 1.82) is 0 Å². The average molecular weight is 333 g/mol. The Labute approximate surface area is 118 Å². The lowest BCUT2D eigenvalue weighted by Gasteiger charge is -2.14. The van der Waals surface area contributed by atoms with Gasteiger partial charge < -0.3 is 14.5 Å². The molecule has 1 aromatic rings. The predicted molar refractivity (Wildman–Crippen MR) is 59.1 cm³/mol. The normalized spacial score (nSPS) is 12.1. The van der Waals surface area contributed by atoms with Crippen molar-refractivity contribution in [2.75, 3.05) is 6.61 Å². The second kappa shape index (κ2) is 6.28. The maximum atomic E-state index is 12.7. The standard InChI is InChI=1S/C11H9F6NO4/c1-2-21-7(19)4-5-3-6(22-11(15,16)17)9(20)18-8(5)10(12,13)14/h3H,2,4H2,1H3,(H,18,20). The lowest BCUT2D eigenvalue weighted by molar-refractivity contribution is -0.275. The highest BCUT2D eigenvalue weighted by Crippen LogP contribution is 2.32. The van der Waals surface area contributed by atoms with Crippen LogP contribution in [0.5, 0.6) is 5.75 Å². The Morgan fingerprint density at radius 2 is 1.82 bits per heavy atom. The molecule has 0 aliphatic heterocycles. The number of H-pyrrole nitrogens is 1. The quantitative estimate of drug-likeness (QED) is 0.679. The van der Waals surface area contributed by atoms with Crippen molar-refractivity contribution in [1.82, 2.24) is 4.98 Å². The molecule has 0 radical (unpaired) electrons. The van der Waals surface area contributed by atoms with Crippen LogP contribution in [0.3, 0.4) is 0 Å². The topological polar surface area (TPSA) is 68.4 Å². The first-order valence-electron chi connectivity index (χ1n) is 5.68. The van der Waals surface area contributed by atoms with Crippen LogP contribution in [-0.4, -0.2) is 23.9 Å². The number of carbonyl (C=O) groups excluding carboxylic acids is 1. The second-order valence-electron chi connectivity index (χ2n) is 3.89. The number of nitrogens with one attached hydrogen (secondary N) is 1. The van der Waals surface area contributed by atoms with Gasteiger partial charge in [-0.25, -0.2) is 0 Å². The number of carbonyl (C=O) groups is 1. The van der Waals surface area contributed by atoms with Gasteiger partial charge in [0.25, 0.3) is 5.56 Å². The van der Waals surface area contributed by atoms with Gasteiger partial charge in [-0.05, 0) is 18.6 Å². The van der Waals surface area contributed by atoms with Gasteiger partial charge in [0.2, 0.25) is 0 Å². The van der Waals surface area contributed by atoms with Gasteiger partial charge in [0.1, 0.15) is 5.69 Å². The van der Waals surface area contributed by atoms with E-state index in [0.29, 0.717) is 0 Å². The van der Waals surface area contributed by atoms with Crippen LogP contribution < -0.4 is 10.3 Å². The molecule has 0 atom stereocenters. The number of pyridine rings is 1. The maximum absolute atomic E-state index is 12.7. The number of aromatic nitrogens is 1. The number of esters is 1. The van der Waals surface area contributed by atoms with E-state index < -0.39 is 47.5 Å². The largest absolute Gasteiger partial charge is 0.573 e. The highest BCUT2D eigenvalue weighted by Gasteiger charge is 2.38. The van der Waals surface area contributed by atoms with Crippen LogP contribution in [0.25, 0.3) is 0 Å². The van der Waals surface area contributed by atoms with Gasteiger partial charge in [-0.1, -0.05) is 0 Å². The van der Waals surface area contributed by atoms with E-state index in [9.17, 15) is 35.9 Å². The number of ether oxygens (including phenoxy) is 2. The molecule has 0 fully saturated rings. The van der Waals surface area contributed by atoms with Crippen molar-refractivity contribution < 1.29 is 40.6 Å². The zero-order valence-electron chi connectivity index (χ0n) is 10.9. The molecule has 0 amide bonds. The average Bonchev–Trinajstić information content (AvgIpc) is 2.30. The molecular weight excluding hydrogens is 324 g/mol. The molecule has 0 saturated heterocycles. The fourth-order valence-corrected chi connectivity index (χ4v) is 1.51. The Kier molecular flexibility index (Phi) is 5.09. The number of rotatable bonds is 4. The molecule has 0 saturated carbocycles. The first kappa shape index (κ1) is 17.9. The van der Waals surface area contributed by atoms with Crippen molar-refractivity contribution in [3.8, 4) is 5.75 Å². The minimum Gasteiger partial charge on any atom is -0.466 e. The molecule has 0 spiro atoms. The van der Waals surface area contributed by atoms with E-state index in [1.165, 1.54) is 11.9 Å². The minimum absolute atomic E-state index is 0.130. The summed E-state index contributed by atoms with van der Waals surface area (Å²) >= 11 is 0. The number of aromatic amines is 1. The molecule has 22 heavy (non-hydrogen) atoms. The maximum Gasteiger partial charge on any atom is 0.573 e. The number of halogens is 6. The van der Waals surface area contributed by atoms with Gasteiger partial charge in [0.15, 0.2) is 5.75 Å². The van der Waals surface area contributed by atoms with Crippen LogP contribution in [0, 0.1) is 0 Å². The molecule has 1 heterocycles. The summed E-state index contributed by atoms with van der Waals surface area (Å²) in [5.41, 5.74) is -4.26. The highest BCUT2D eigenvalue weighted by atomic mass is 19.4. The molecule has 0 unspecified atom stereocenters.